The van der Waals surface area contributed by atoms with Crippen LogP contribution in [-0.4, -0.2) is 56.5 Å². The van der Waals surface area contributed by atoms with Gasteiger partial charge in [0, 0.05) is 20.8 Å². The number of hydrogen-bond donors (Lipinski definition) is 3. The van der Waals surface area contributed by atoms with Gasteiger partial charge in [-0.15, -0.1) is 0 Å². The Hall–Kier alpha value is -1.18. The summed E-state index contributed by atoms with van der Waals surface area (Å²) in [5, 5.41) is 11.1. The molecule has 0 heterocycles. The molecule has 0 aromatic heterocycles. The summed E-state index contributed by atoms with van der Waals surface area (Å²) in [5.74, 6) is -1.57. The van der Waals surface area contributed by atoms with Gasteiger partial charge < -0.3 is 25.6 Å². The van der Waals surface area contributed by atoms with E-state index in [4.69, 9.17) is 15.6 Å². The lowest BCUT2D eigenvalue weighted by Gasteiger charge is -2.16. The highest BCUT2D eigenvalue weighted by molar-refractivity contribution is 5.83. The van der Waals surface area contributed by atoms with Gasteiger partial charge in [0.25, 0.3) is 0 Å². The van der Waals surface area contributed by atoms with Crippen LogP contribution in [0.5, 0.6) is 0 Å². The summed E-state index contributed by atoms with van der Waals surface area (Å²) in [6, 6.07) is -1.05. The van der Waals surface area contributed by atoms with Crippen LogP contribution in [0.4, 0.5) is 0 Å². The zero-order chi connectivity index (χ0) is 12.6. The first-order valence-corrected chi connectivity index (χ1v) is 4.79. The van der Waals surface area contributed by atoms with Crippen molar-refractivity contribution in [3.05, 3.63) is 0 Å². The zero-order valence-electron chi connectivity index (χ0n) is 9.43. The topological polar surface area (TPSA) is 111 Å². The van der Waals surface area contributed by atoms with Gasteiger partial charge in [0.2, 0.25) is 5.91 Å². The number of carbonyl (C=O) groups excluding carboxylic acids is 1. The molecule has 0 aromatic carbocycles. The van der Waals surface area contributed by atoms with Gasteiger partial charge in [0.1, 0.15) is 0 Å². The smallest absolute Gasteiger partial charge is 0.328 e. The van der Waals surface area contributed by atoms with E-state index in [1.165, 1.54) is 14.2 Å². The molecule has 1 amide bonds. The Morgan fingerprint density at radius 2 is 2.06 bits per heavy atom. The van der Waals surface area contributed by atoms with Crippen molar-refractivity contribution in [2.24, 2.45) is 5.73 Å². The van der Waals surface area contributed by atoms with E-state index in [-0.39, 0.29) is 19.6 Å². The molecule has 16 heavy (non-hydrogen) atoms. The van der Waals surface area contributed by atoms with Gasteiger partial charge in [-0.1, -0.05) is 0 Å². The van der Waals surface area contributed by atoms with Gasteiger partial charge in [0.05, 0.1) is 19.1 Å². The average molecular weight is 234 g/mol. The summed E-state index contributed by atoms with van der Waals surface area (Å²) in [6.07, 6.45) is -0.377. The second-order valence-corrected chi connectivity index (χ2v) is 3.21. The van der Waals surface area contributed by atoms with E-state index < -0.39 is 24.0 Å². The second-order valence-electron chi connectivity index (χ2n) is 3.21. The van der Waals surface area contributed by atoms with Crippen LogP contribution >= 0.6 is 0 Å². The van der Waals surface area contributed by atoms with E-state index in [0.717, 1.165) is 0 Å². The zero-order valence-corrected chi connectivity index (χ0v) is 9.43. The number of carbonyl (C=O) groups is 2. The standard InChI is InChI=1S/C9H18N2O5/c1-15-5-7(9(13)14)11-8(12)3-6(4-10)16-2/h6-7H,3-5,10H2,1-2H3,(H,11,12)(H,13,14). The fourth-order valence-corrected chi connectivity index (χ4v) is 1.06. The number of amides is 1. The summed E-state index contributed by atoms with van der Waals surface area (Å²) < 4.78 is 9.58. The highest BCUT2D eigenvalue weighted by atomic mass is 16.5. The molecule has 0 bridgehead atoms. The van der Waals surface area contributed by atoms with E-state index in [1.54, 1.807) is 0 Å². The monoisotopic (exact) mass is 234 g/mol. The normalized spacial score (nSPS) is 14.2. The van der Waals surface area contributed by atoms with Crippen LogP contribution in [-0.2, 0) is 19.1 Å². The molecule has 7 nitrogen and oxygen atoms in total. The Labute approximate surface area is 93.9 Å². The van der Waals surface area contributed by atoms with Crippen molar-refractivity contribution in [3.63, 3.8) is 0 Å². The average Bonchev–Trinajstić information content (AvgIpc) is 2.25. The molecule has 2 atom stereocenters. The molecule has 7 heteroatoms. The summed E-state index contributed by atoms with van der Waals surface area (Å²) in [5.41, 5.74) is 5.33. The van der Waals surface area contributed by atoms with Gasteiger partial charge in [-0.3, -0.25) is 4.79 Å². The third-order valence-corrected chi connectivity index (χ3v) is 1.98. The van der Waals surface area contributed by atoms with E-state index >= 15 is 0 Å². The number of rotatable bonds is 8. The van der Waals surface area contributed by atoms with Crippen molar-refractivity contribution in [1.82, 2.24) is 5.32 Å². The number of nitrogens with two attached hydrogens (primary N) is 1. The molecule has 0 saturated heterocycles. The van der Waals surface area contributed by atoms with Gasteiger partial charge >= 0.3 is 5.97 Å². The molecule has 0 aliphatic rings. The van der Waals surface area contributed by atoms with Crippen molar-refractivity contribution in [1.29, 1.82) is 0 Å². The third kappa shape index (κ3) is 5.64. The van der Waals surface area contributed by atoms with Crippen LogP contribution in [0, 0.1) is 0 Å². The molecule has 0 fully saturated rings. The molecule has 0 radical (unpaired) electrons. The maximum absolute atomic E-state index is 11.4. The second kappa shape index (κ2) is 8.03. The van der Waals surface area contributed by atoms with E-state index in [2.05, 4.69) is 10.1 Å². The van der Waals surface area contributed by atoms with Crippen LogP contribution in [0.3, 0.4) is 0 Å². The lowest BCUT2D eigenvalue weighted by atomic mass is 10.2. The lowest BCUT2D eigenvalue weighted by Crippen LogP contribution is -2.45. The van der Waals surface area contributed by atoms with Crippen LogP contribution < -0.4 is 11.1 Å². The molecule has 0 rings (SSSR count). The van der Waals surface area contributed by atoms with Crippen molar-refractivity contribution >= 4 is 11.9 Å². The van der Waals surface area contributed by atoms with Gasteiger partial charge in [-0.2, -0.15) is 0 Å². The SMILES string of the molecule is COCC(NC(=O)CC(CN)OC)C(=O)O. The first kappa shape index (κ1) is 14.8. The maximum Gasteiger partial charge on any atom is 0.328 e. The molecular weight excluding hydrogens is 216 g/mol. The van der Waals surface area contributed by atoms with Crippen molar-refractivity contribution < 1.29 is 24.2 Å². The van der Waals surface area contributed by atoms with Crippen LogP contribution in [0.1, 0.15) is 6.42 Å². The van der Waals surface area contributed by atoms with Crippen molar-refractivity contribution in [2.75, 3.05) is 27.4 Å². The number of ether oxygens (including phenoxy) is 2. The minimum Gasteiger partial charge on any atom is -0.480 e. The maximum atomic E-state index is 11.4. The van der Waals surface area contributed by atoms with E-state index in [1.807, 2.05) is 0 Å². The van der Waals surface area contributed by atoms with Crippen LogP contribution in [0.15, 0.2) is 0 Å². The number of carboxylic acid groups (broad SMARTS) is 1. The van der Waals surface area contributed by atoms with Gasteiger partial charge in [0.15, 0.2) is 6.04 Å². The van der Waals surface area contributed by atoms with Crippen LogP contribution in [0.25, 0.3) is 0 Å². The number of aliphatic carboxylic acids is 1. The molecule has 0 spiro atoms. The molecule has 0 saturated carbocycles. The fourth-order valence-electron chi connectivity index (χ4n) is 1.06. The van der Waals surface area contributed by atoms with E-state index in [0.29, 0.717) is 0 Å². The third-order valence-electron chi connectivity index (χ3n) is 1.98. The number of carboxylic acids is 1. The number of methoxy groups -OCH3 is 2. The highest BCUT2D eigenvalue weighted by Crippen LogP contribution is 1.96. The molecule has 0 aliphatic carbocycles. The Kier molecular flexibility index (Phi) is 7.44. The van der Waals surface area contributed by atoms with Gasteiger partial charge in [-0.05, 0) is 0 Å². The summed E-state index contributed by atoms with van der Waals surface area (Å²) in [7, 11) is 2.80. The van der Waals surface area contributed by atoms with Crippen molar-refractivity contribution in [3.8, 4) is 0 Å². The van der Waals surface area contributed by atoms with E-state index in [9.17, 15) is 9.59 Å². The first-order valence-electron chi connectivity index (χ1n) is 4.79. The Bertz CT molecular complexity index is 230. The Morgan fingerprint density at radius 1 is 1.44 bits per heavy atom. The predicted octanol–water partition coefficient (Wildman–Crippen LogP) is -1.43. The molecule has 0 aliphatic heterocycles. The highest BCUT2D eigenvalue weighted by Gasteiger charge is 2.21. The number of hydrogen-bond acceptors (Lipinski definition) is 5. The molecule has 0 aromatic rings. The quantitative estimate of drug-likeness (QED) is 0.474. The minimum absolute atomic E-state index is 0.0283. The fraction of sp³-hybridized carbons (Fsp3) is 0.778. The number of nitrogens with one attached hydrogen (secondary N) is 1. The van der Waals surface area contributed by atoms with Gasteiger partial charge in [-0.25, -0.2) is 4.79 Å². The summed E-state index contributed by atoms with van der Waals surface area (Å²) in [4.78, 5) is 22.1. The van der Waals surface area contributed by atoms with Crippen LogP contribution in [0.2, 0.25) is 0 Å². The summed E-state index contributed by atoms with van der Waals surface area (Å²) in [6.45, 7) is 0.118. The molecular formula is C9H18N2O5. The molecule has 2 unspecified atom stereocenters. The molecule has 4 N–H and O–H groups in total. The predicted molar refractivity (Wildman–Crippen MR) is 55.9 cm³/mol. The molecule has 94 valence electrons. The first-order chi connectivity index (χ1) is 7.54. The Balaban J connectivity index is 4.13. The summed E-state index contributed by atoms with van der Waals surface area (Å²) >= 11 is 0. The minimum atomic E-state index is -1.14. The lowest BCUT2D eigenvalue weighted by molar-refractivity contribution is -0.143. The largest absolute Gasteiger partial charge is 0.480 e. The Morgan fingerprint density at radius 3 is 2.44 bits per heavy atom. The van der Waals surface area contributed by atoms with Crippen molar-refractivity contribution in [2.45, 2.75) is 18.6 Å².